The van der Waals surface area contributed by atoms with E-state index in [0.717, 1.165) is 28.4 Å². The lowest BCUT2D eigenvalue weighted by Crippen LogP contribution is -2.30. The van der Waals surface area contributed by atoms with Crippen LogP contribution in [0.5, 0.6) is 5.75 Å². The molecule has 1 aromatic heterocycles. The number of carbonyl (C=O) groups excluding carboxylic acids is 2. The zero-order chi connectivity index (χ0) is 21.2. The SMILES string of the molecule is COCCCNC(=O)CC(=O)N/N=C/c1cc(C)n(-c2ccc(OC)cc2)c1C. The molecule has 1 heterocycles. The van der Waals surface area contributed by atoms with E-state index in [9.17, 15) is 9.59 Å². The number of benzene rings is 1. The highest BCUT2D eigenvalue weighted by atomic mass is 16.5. The summed E-state index contributed by atoms with van der Waals surface area (Å²) < 4.78 is 12.2. The molecular formula is C21H28N4O4. The Morgan fingerprint density at radius 3 is 2.52 bits per heavy atom. The van der Waals surface area contributed by atoms with Gasteiger partial charge >= 0.3 is 0 Å². The number of nitrogens with one attached hydrogen (secondary N) is 2. The van der Waals surface area contributed by atoms with Crippen LogP contribution in [-0.2, 0) is 14.3 Å². The molecule has 0 radical (unpaired) electrons. The van der Waals surface area contributed by atoms with Gasteiger partial charge in [-0.1, -0.05) is 0 Å². The second-order valence-corrected chi connectivity index (χ2v) is 6.53. The second kappa shape index (κ2) is 11.0. The minimum atomic E-state index is -0.463. The first-order chi connectivity index (χ1) is 14.0. The third-order valence-electron chi connectivity index (χ3n) is 4.36. The molecule has 2 amide bonds. The maximum atomic E-state index is 11.8. The van der Waals surface area contributed by atoms with Crippen molar-refractivity contribution in [1.82, 2.24) is 15.3 Å². The first-order valence-electron chi connectivity index (χ1n) is 9.37. The fourth-order valence-corrected chi connectivity index (χ4v) is 2.91. The van der Waals surface area contributed by atoms with E-state index in [1.165, 1.54) is 0 Å². The van der Waals surface area contributed by atoms with Crippen LogP contribution in [0.25, 0.3) is 5.69 Å². The van der Waals surface area contributed by atoms with E-state index in [2.05, 4.69) is 20.4 Å². The van der Waals surface area contributed by atoms with Crippen LogP contribution in [-0.4, -0.2) is 50.0 Å². The van der Waals surface area contributed by atoms with E-state index in [4.69, 9.17) is 9.47 Å². The third-order valence-corrected chi connectivity index (χ3v) is 4.36. The molecular weight excluding hydrogens is 372 g/mol. The molecule has 0 saturated carbocycles. The topological polar surface area (TPSA) is 94.0 Å². The van der Waals surface area contributed by atoms with Gasteiger partial charge in [-0.15, -0.1) is 0 Å². The molecule has 0 unspecified atom stereocenters. The predicted octanol–water partition coefficient (Wildman–Crippen LogP) is 2.10. The molecule has 0 aliphatic rings. The molecule has 2 rings (SSSR count). The van der Waals surface area contributed by atoms with Crippen LogP contribution in [0.4, 0.5) is 0 Å². The standard InChI is InChI=1S/C21H28N4O4/c1-15-12-17(16(2)25(15)18-6-8-19(29-4)9-7-18)14-23-24-21(27)13-20(26)22-10-5-11-28-3/h6-9,12,14H,5,10-11,13H2,1-4H3,(H,22,26)(H,24,27)/b23-14+. The van der Waals surface area contributed by atoms with Gasteiger partial charge in [-0.25, -0.2) is 5.43 Å². The van der Waals surface area contributed by atoms with Crippen molar-refractivity contribution in [1.29, 1.82) is 0 Å². The Balaban J connectivity index is 1.93. The van der Waals surface area contributed by atoms with Crippen molar-refractivity contribution in [2.24, 2.45) is 5.10 Å². The number of hydrogen-bond acceptors (Lipinski definition) is 5. The Morgan fingerprint density at radius 2 is 1.86 bits per heavy atom. The predicted molar refractivity (Wildman–Crippen MR) is 112 cm³/mol. The fraction of sp³-hybridized carbons (Fsp3) is 0.381. The summed E-state index contributed by atoms with van der Waals surface area (Å²) in [4.78, 5) is 23.5. The highest BCUT2D eigenvalue weighted by Crippen LogP contribution is 2.21. The molecule has 2 aromatic rings. The molecule has 0 aliphatic heterocycles. The van der Waals surface area contributed by atoms with Crippen LogP contribution >= 0.6 is 0 Å². The average Bonchev–Trinajstić information content (AvgIpc) is 2.98. The van der Waals surface area contributed by atoms with Crippen molar-refractivity contribution < 1.29 is 19.1 Å². The number of amides is 2. The van der Waals surface area contributed by atoms with Crippen LogP contribution in [0.2, 0.25) is 0 Å². The molecule has 0 fully saturated rings. The van der Waals surface area contributed by atoms with Crippen molar-refractivity contribution in [3.8, 4) is 11.4 Å². The van der Waals surface area contributed by atoms with Gasteiger partial charge in [0.15, 0.2) is 0 Å². The van der Waals surface area contributed by atoms with Crippen LogP contribution < -0.4 is 15.5 Å². The van der Waals surface area contributed by atoms with Crippen LogP contribution in [0.1, 0.15) is 29.8 Å². The van der Waals surface area contributed by atoms with Crippen LogP contribution in [0, 0.1) is 13.8 Å². The lowest BCUT2D eigenvalue weighted by atomic mass is 10.2. The van der Waals surface area contributed by atoms with Crippen molar-refractivity contribution >= 4 is 18.0 Å². The highest BCUT2D eigenvalue weighted by molar-refractivity contribution is 5.97. The quantitative estimate of drug-likeness (QED) is 0.276. The molecule has 156 valence electrons. The fourth-order valence-electron chi connectivity index (χ4n) is 2.91. The lowest BCUT2D eigenvalue weighted by molar-refractivity contribution is -0.129. The molecule has 1 aromatic carbocycles. The van der Waals surface area contributed by atoms with E-state index in [1.807, 2.05) is 44.2 Å². The second-order valence-electron chi connectivity index (χ2n) is 6.53. The molecule has 29 heavy (non-hydrogen) atoms. The molecule has 0 aliphatic carbocycles. The van der Waals surface area contributed by atoms with E-state index in [1.54, 1.807) is 20.4 Å². The zero-order valence-electron chi connectivity index (χ0n) is 17.3. The number of rotatable bonds is 10. The molecule has 8 nitrogen and oxygen atoms in total. The van der Waals surface area contributed by atoms with Gasteiger partial charge in [-0.3, -0.25) is 9.59 Å². The minimum Gasteiger partial charge on any atom is -0.497 e. The van der Waals surface area contributed by atoms with E-state index in [0.29, 0.717) is 19.6 Å². The summed E-state index contributed by atoms with van der Waals surface area (Å²) in [6.07, 6.45) is 2.01. The molecule has 0 spiro atoms. The van der Waals surface area contributed by atoms with Gasteiger partial charge in [0.25, 0.3) is 0 Å². The molecule has 8 heteroatoms. The highest BCUT2D eigenvalue weighted by Gasteiger charge is 2.11. The number of aryl methyl sites for hydroxylation is 1. The summed E-state index contributed by atoms with van der Waals surface area (Å²) in [5.74, 6) is -0.00983. The largest absolute Gasteiger partial charge is 0.497 e. The monoisotopic (exact) mass is 400 g/mol. The number of methoxy groups -OCH3 is 2. The molecule has 0 atom stereocenters. The molecule has 2 N–H and O–H groups in total. The van der Waals surface area contributed by atoms with Gasteiger partial charge in [0.2, 0.25) is 11.8 Å². The first-order valence-corrected chi connectivity index (χ1v) is 9.37. The summed E-state index contributed by atoms with van der Waals surface area (Å²) in [6.45, 7) is 5.02. The molecule has 0 saturated heterocycles. The number of hydrazone groups is 1. The lowest BCUT2D eigenvalue weighted by Gasteiger charge is -2.10. The summed E-state index contributed by atoms with van der Waals surface area (Å²) >= 11 is 0. The molecule has 0 bridgehead atoms. The third kappa shape index (κ3) is 6.46. The number of carbonyl (C=O) groups is 2. The number of nitrogens with zero attached hydrogens (tertiary/aromatic N) is 2. The average molecular weight is 400 g/mol. The van der Waals surface area contributed by atoms with Crippen molar-refractivity contribution in [2.45, 2.75) is 26.7 Å². The Bertz CT molecular complexity index is 856. The Labute approximate surface area is 170 Å². The van der Waals surface area contributed by atoms with Crippen molar-refractivity contribution in [3.05, 3.63) is 47.3 Å². The van der Waals surface area contributed by atoms with Gasteiger partial charge in [0.1, 0.15) is 12.2 Å². The van der Waals surface area contributed by atoms with Gasteiger partial charge in [-0.05, 0) is 50.6 Å². The number of ether oxygens (including phenoxy) is 2. The normalized spacial score (nSPS) is 10.9. The Morgan fingerprint density at radius 1 is 1.14 bits per heavy atom. The van der Waals surface area contributed by atoms with Gasteiger partial charge < -0.3 is 19.4 Å². The van der Waals surface area contributed by atoms with Gasteiger partial charge in [0, 0.05) is 42.9 Å². The van der Waals surface area contributed by atoms with Crippen LogP contribution in [0.3, 0.4) is 0 Å². The zero-order valence-corrected chi connectivity index (χ0v) is 17.3. The summed E-state index contributed by atoms with van der Waals surface area (Å²) in [5, 5.41) is 6.64. The maximum Gasteiger partial charge on any atom is 0.249 e. The maximum absolute atomic E-state index is 11.8. The van der Waals surface area contributed by atoms with E-state index < -0.39 is 5.91 Å². The summed E-state index contributed by atoms with van der Waals surface area (Å²) in [5.41, 5.74) is 6.31. The van der Waals surface area contributed by atoms with E-state index in [-0.39, 0.29) is 12.3 Å². The van der Waals surface area contributed by atoms with Crippen molar-refractivity contribution in [2.75, 3.05) is 27.4 Å². The summed E-state index contributed by atoms with van der Waals surface area (Å²) in [7, 11) is 3.23. The van der Waals surface area contributed by atoms with Crippen LogP contribution in [0.15, 0.2) is 35.4 Å². The Hall–Kier alpha value is -3.13. The number of aromatic nitrogens is 1. The Kier molecular flexibility index (Phi) is 8.42. The van der Waals surface area contributed by atoms with Gasteiger partial charge in [0.05, 0.1) is 13.3 Å². The van der Waals surface area contributed by atoms with E-state index >= 15 is 0 Å². The van der Waals surface area contributed by atoms with Gasteiger partial charge in [-0.2, -0.15) is 5.10 Å². The first kappa shape index (κ1) is 22.2. The smallest absolute Gasteiger partial charge is 0.249 e. The van der Waals surface area contributed by atoms with Crippen molar-refractivity contribution in [3.63, 3.8) is 0 Å². The number of hydrogen-bond donors (Lipinski definition) is 2. The minimum absolute atomic E-state index is 0.269. The summed E-state index contributed by atoms with van der Waals surface area (Å²) in [6, 6.07) is 9.75.